The first-order valence-corrected chi connectivity index (χ1v) is 12.7. The Morgan fingerprint density at radius 3 is 2.00 bits per heavy atom. The van der Waals surface area contributed by atoms with Crippen LogP contribution in [-0.2, 0) is 4.74 Å². The van der Waals surface area contributed by atoms with Gasteiger partial charge in [-0.2, -0.15) is 0 Å². The third kappa shape index (κ3) is 6.09. The van der Waals surface area contributed by atoms with E-state index in [1.54, 1.807) is 20.3 Å². The van der Waals surface area contributed by atoms with Gasteiger partial charge in [0.25, 0.3) is 0 Å². The lowest BCUT2D eigenvalue weighted by atomic mass is 9.59. The summed E-state index contributed by atoms with van der Waals surface area (Å²) in [5.74, 6) is 0.996. The van der Waals surface area contributed by atoms with Gasteiger partial charge in [0.15, 0.2) is 0 Å². The Hall–Kier alpha value is -2.76. The number of hydrogen-bond donors (Lipinski definition) is 2. The molecule has 0 aliphatic heterocycles. The fourth-order valence-corrected chi connectivity index (χ4v) is 5.35. The molecule has 0 bridgehead atoms. The summed E-state index contributed by atoms with van der Waals surface area (Å²) < 4.78 is 6.48. The summed E-state index contributed by atoms with van der Waals surface area (Å²) in [7, 11) is 3.33. The molecule has 1 aliphatic rings. The van der Waals surface area contributed by atoms with E-state index in [2.05, 4.69) is 58.8 Å². The van der Waals surface area contributed by atoms with Crippen LogP contribution in [0.25, 0.3) is 11.1 Å². The number of rotatable bonds is 4. The molecule has 2 amide bonds. The number of anilines is 1. The van der Waals surface area contributed by atoms with Crippen molar-refractivity contribution in [1.82, 2.24) is 9.88 Å². The quantitative estimate of drug-likeness (QED) is 0.459. The Kier molecular flexibility index (Phi) is 7.73. The normalized spacial score (nSPS) is 23.0. The van der Waals surface area contributed by atoms with Gasteiger partial charge in [-0.1, -0.05) is 78.8 Å². The summed E-state index contributed by atoms with van der Waals surface area (Å²) in [6.45, 7) is 15.8. The molecule has 6 nitrogen and oxygen atoms in total. The molecule has 2 aromatic rings. The molecule has 192 valence electrons. The molecule has 1 aromatic carbocycles. The minimum atomic E-state index is -0.401. The topological polar surface area (TPSA) is 74.4 Å². The van der Waals surface area contributed by atoms with Gasteiger partial charge in [-0.05, 0) is 35.2 Å². The lowest BCUT2D eigenvalue weighted by Crippen LogP contribution is -2.49. The van der Waals surface area contributed by atoms with E-state index < -0.39 is 5.97 Å². The van der Waals surface area contributed by atoms with Crippen molar-refractivity contribution < 1.29 is 14.3 Å². The number of H-pyrrole nitrogens is 1. The van der Waals surface area contributed by atoms with Crippen LogP contribution in [0.5, 0.6) is 0 Å². The lowest BCUT2D eigenvalue weighted by molar-refractivity contribution is -0.0922. The van der Waals surface area contributed by atoms with E-state index in [0.29, 0.717) is 22.9 Å². The second-order valence-corrected chi connectivity index (χ2v) is 12.5. The number of carbonyl (C=O) groups is 2. The predicted octanol–water partition coefficient (Wildman–Crippen LogP) is 7.06. The van der Waals surface area contributed by atoms with Crippen LogP contribution in [0.1, 0.15) is 71.7 Å². The Morgan fingerprint density at radius 1 is 0.971 bits per heavy atom. The van der Waals surface area contributed by atoms with Crippen LogP contribution < -0.4 is 5.32 Å². The van der Waals surface area contributed by atoms with Crippen molar-refractivity contribution >= 4 is 17.8 Å². The summed E-state index contributed by atoms with van der Waals surface area (Å²) in [5.41, 5.74) is 1.95. The molecule has 0 radical (unpaired) electrons. The van der Waals surface area contributed by atoms with Crippen LogP contribution in [0.4, 0.5) is 10.6 Å². The maximum atomic E-state index is 14.0. The van der Waals surface area contributed by atoms with E-state index in [-0.39, 0.29) is 34.8 Å². The molecule has 2 atom stereocenters. The van der Waals surface area contributed by atoms with Crippen LogP contribution in [0.15, 0.2) is 36.5 Å². The molecular formula is C29H43N3O3. The Morgan fingerprint density at radius 2 is 1.51 bits per heavy atom. The largest absolute Gasteiger partial charge is 0.458 e. The van der Waals surface area contributed by atoms with Gasteiger partial charge in [0.1, 0.15) is 17.5 Å². The Labute approximate surface area is 210 Å². The second kappa shape index (κ2) is 10.1. The SMILES string of the molecule is CC1CC(C(C)(C)C)C(OC(=O)c2c(-c3ccccc3)c[nH]c2NC(=O)N(C)C)C(C(C)(C)C)C1. The number of nitrogens with one attached hydrogen (secondary N) is 2. The summed E-state index contributed by atoms with van der Waals surface area (Å²) in [5, 5.41) is 2.84. The van der Waals surface area contributed by atoms with Crippen molar-refractivity contribution in [1.29, 1.82) is 0 Å². The van der Waals surface area contributed by atoms with Crippen LogP contribution in [0.3, 0.4) is 0 Å². The first-order chi connectivity index (χ1) is 16.2. The Balaban J connectivity index is 2.05. The Bertz CT molecular complexity index is 1000. The molecule has 1 saturated carbocycles. The van der Waals surface area contributed by atoms with E-state index in [4.69, 9.17) is 4.74 Å². The van der Waals surface area contributed by atoms with Crippen LogP contribution in [0.2, 0.25) is 0 Å². The van der Waals surface area contributed by atoms with Crippen molar-refractivity contribution in [3.63, 3.8) is 0 Å². The molecule has 0 saturated heterocycles. The van der Waals surface area contributed by atoms with Gasteiger partial charge in [0, 0.05) is 37.7 Å². The highest BCUT2D eigenvalue weighted by Gasteiger charge is 2.48. The summed E-state index contributed by atoms with van der Waals surface area (Å²) >= 11 is 0. The highest BCUT2D eigenvalue weighted by Crippen LogP contribution is 2.50. The zero-order chi connectivity index (χ0) is 26.1. The average Bonchev–Trinajstić information content (AvgIpc) is 3.17. The standard InChI is InChI=1S/C29H43N3O3/c1-18-15-21(28(2,3)4)24(22(16-18)29(5,6)7)35-26(33)23-20(19-13-11-10-12-14-19)17-30-25(23)31-27(34)32(8)9/h10-14,17-18,21-22,24,30H,15-16H2,1-9H3,(H,31,34). The molecule has 2 unspecified atom stereocenters. The fourth-order valence-electron chi connectivity index (χ4n) is 5.35. The summed E-state index contributed by atoms with van der Waals surface area (Å²) in [6, 6.07) is 9.40. The van der Waals surface area contributed by atoms with Crippen molar-refractivity contribution in [3.8, 4) is 11.1 Å². The van der Waals surface area contributed by atoms with Gasteiger partial charge in [-0.25, -0.2) is 9.59 Å². The van der Waals surface area contributed by atoms with Gasteiger partial charge in [0.2, 0.25) is 0 Å². The van der Waals surface area contributed by atoms with Crippen molar-refractivity contribution in [3.05, 3.63) is 42.1 Å². The summed E-state index contributed by atoms with van der Waals surface area (Å²) in [4.78, 5) is 31.0. The number of urea groups is 1. The minimum absolute atomic E-state index is 0.00843. The van der Waals surface area contributed by atoms with E-state index in [9.17, 15) is 9.59 Å². The number of benzene rings is 1. The first kappa shape index (κ1) is 26.8. The number of esters is 1. The van der Waals surface area contributed by atoms with Crippen molar-refractivity contribution in [2.75, 3.05) is 19.4 Å². The zero-order valence-electron chi connectivity index (χ0n) is 22.9. The first-order valence-electron chi connectivity index (χ1n) is 12.7. The molecular weight excluding hydrogens is 438 g/mol. The monoisotopic (exact) mass is 481 g/mol. The van der Waals surface area contributed by atoms with Crippen LogP contribution in [-0.4, -0.2) is 42.1 Å². The van der Waals surface area contributed by atoms with E-state index >= 15 is 0 Å². The second-order valence-electron chi connectivity index (χ2n) is 12.5. The molecule has 1 aromatic heterocycles. The molecule has 2 N–H and O–H groups in total. The van der Waals surface area contributed by atoms with Gasteiger partial charge in [-0.3, -0.25) is 5.32 Å². The summed E-state index contributed by atoms with van der Waals surface area (Å²) in [6.07, 6.45) is 3.60. The lowest BCUT2D eigenvalue weighted by Gasteiger charge is -2.50. The van der Waals surface area contributed by atoms with Gasteiger partial charge >= 0.3 is 12.0 Å². The van der Waals surface area contributed by atoms with Gasteiger partial charge < -0.3 is 14.6 Å². The highest BCUT2D eigenvalue weighted by molar-refractivity contribution is 6.05. The van der Waals surface area contributed by atoms with Gasteiger partial charge in [-0.15, -0.1) is 0 Å². The predicted molar refractivity (Wildman–Crippen MR) is 142 cm³/mol. The third-order valence-electron chi connectivity index (χ3n) is 7.38. The van der Waals surface area contributed by atoms with E-state index in [0.717, 1.165) is 18.4 Å². The van der Waals surface area contributed by atoms with E-state index in [1.807, 2.05) is 30.3 Å². The van der Waals surface area contributed by atoms with Crippen molar-refractivity contribution in [2.45, 2.75) is 67.4 Å². The molecule has 1 aliphatic carbocycles. The van der Waals surface area contributed by atoms with Crippen LogP contribution >= 0.6 is 0 Å². The van der Waals surface area contributed by atoms with Crippen molar-refractivity contribution in [2.24, 2.45) is 28.6 Å². The number of ether oxygens (including phenoxy) is 1. The smallest absolute Gasteiger partial charge is 0.342 e. The number of carbonyl (C=O) groups excluding carboxylic acids is 2. The number of aromatic nitrogens is 1. The molecule has 0 spiro atoms. The number of nitrogens with zero attached hydrogens (tertiary/aromatic N) is 1. The average molecular weight is 482 g/mol. The molecule has 1 heterocycles. The maximum absolute atomic E-state index is 14.0. The number of amides is 2. The molecule has 35 heavy (non-hydrogen) atoms. The molecule has 6 heteroatoms. The minimum Gasteiger partial charge on any atom is -0.458 e. The highest BCUT2D eigenvalue weighted by atomic mass is 16.5. The van der Waals surface area contributed by atoms with Crippen LogP contribution in [0, 0.1) is 28.6 Å². The molecule has 1 fully saturated rings. The number of hydrogen-bond acceptors (Lipinski definition) is 3. The fraction of sp³-hybridized carbons (Fsp3) is 0.586. The maximum Gasteiger partial charge on any atom is 0.342 e. The number of aromatic amines is 1. The van der Waals surface area contributed by atoms with E-state index in [1.165, 1.54) is 4.90 Å². The van der Waals surface area contributed by atoms with Gasteiger partial charge in [0.05, 0.1) is 0 Å². The zero-order valence-corrected chi connectivity index (χ0v) is 22.9. The molecule has 3 rings (SSSR count). The third-order valence-corrected chi connectivity index (χ3v) is 7.38.